The van der Waals surface area contributed by atoms with E-state index in [9.17, 15) is 9.59 Å². The van der Waals surface area contributed by atoms with E-state index < -0.39 is 5.97 Å². The first-order valence-electron chi connectivity index (χ1n) is 8.30. The Morgan fingerprint density at radius 1 is 1.12 bits per heavy atom. The number of aryl methyl sites for hydroxylation is 1. The van der Waals surface area contributed by atoms with Gasteiger partial charge < -0.3 is 19.5 Å². The molecule has 0 unspecified atom stereocenters. The topological polar surface area (TPSA) is 73.9 Å². The van der Waals surface area contributed by atoms with Crippen molar-refractivity contribution >= 4 is 28.2 Å². The van der Waals surface area contributed by atoms with E-state index in [2.05, 4.69) is 5.32 Å². The molecule has 1 aromatic carbocycles. The highest BCUT2D eigenvalue weighted by Crippen LogP contribution is 2.33. The third-order valence-corrected chi connectivity index (χ3v) is 4.83. The number of esters is 1. The van der Waals surface area contributed by atoms with Crippen molar-refractivity contribution in [2.75, 3.05) is 25.6 Å². The van der Waals surface area contributed by atoms with Gasteiger partial charge in [0.05, 0.1) is 19.3 Å². The van der Waals surface area contributed by atoms with Crippen LogP contribution in [0.5, 0.6) is 11.5 Å². The van der Waals surface area contributed by atoms with Gasteiger partial charge in [-0.3, -0.25) is 4.79 Å². The summed E-state index contributed by atoms with van der Waals surface area (Å²) in [6.07, 6.45) is 0.741. The molecule has 0 spiro atoms. The predicted molar refractivity (Wildman–Crippen MR) is 101 cm³/mol. The highest BCUT2D eigenvalue weighted by Gasteiger charge is 2.22. The van der Waals surface area contributed by atoms with Gasteiger partial charge >= 0.3 is 5.97 Å². The summed E-state index contributed by atoms with van der Waals surface area (Å²) in [4.78, 5) is 25.4. The Morgan fingerprint density at radius 3 is 2.38 bits per heavy atom. The summed E-state index contributed by atoms with van der Waals surface area (Å²) in [6.45, 7) is 5.86. The lowest BCUT2D eigenvalue weighted by molar-refractivity contribution is -0.118. The Kier molecular flexibility index (Phi) is 7.03. The van der Waals surface area contributed by atoms with Gasteiger partial charge in [-0.2, -0.15) is 0 Å². The van der Waals surface area contributed by atoms with Gasteiger partial charge in [0.1, 0.15) is 16.5 Å². The van der Waals surface area contributed by atoms with Crippen molar-refractivity contribution in [1.82, 2.24) is 0 Å². The molecule has 1 N–H and O–H groups in total. The summed E-state index contributed by atoms with van der Waals surface area (Å²) < 4.78 is 15.8. The van der Waals surface area contributed by atoms with E-state index in [1.807, 2.05) is 20.8 Å². The summed E-state index contributed by atoms with van der Waals surface area (Å²) in [7, 11) is 1.58. The van der Waals surface area contributed by atoms with E-state index in [1.54, 1.807) is 31.4 Å². The molecule has 7 heteroatoms. The van der Waals surface area contributed by atoms with E-state index in [-0.39, 0.29) is 12.5 Å². The minimum atomic E-state index is -0.417. The fourth-order valence-corrected chi connectivity index (χ4v) is 3.28. The largest absolute Gasteiger partial charge is 0.497 e. The van der Waals surface area contributed by atoms with Gasteiger partial charge in [0.25, 0.3) is 5.91 Å². The third-order valence-electron chi connectivity index (χ3n) is 3.71. The zero-order chi connectivity index (χ0) is 19.1. The normalized spacial score (nSPS) is 10.3. The van der Waals surface area contributed by atoms with Crippen molar-refractivity contribution < 1.29 is 23.8 Å². The molecule has 0 fully saturated rings. The molecule has 1 aromatic heterocycles. The van der Waals surface area contributed by atoms with Crippen molar-refractivity contribution in [1.29, 1.82) is 0 Å². The van der Waals surface area contributed by atoms with Crippen LogP contribution in [-0.4, -0.2) is 32.2 Å². The maximum Gasteiger partial charge on any atom is 0.341 e. The molecule has 0 aliphatic rings. The molecule has 0 saturated heterocycles. The first-order chi connectivity index (χ1) is 12.5. The second-order valence-electron chi connectivity index (χ2n) is 5.64. The van der Waals surface area contributed by atoms with Gasteiger partial charge in [0.2, 0.25) is 0 Å². The fraction of sp³-hybridized carbons (Fsp3) is 0.368. The number of rotatable bonds is 8. The molecular weight excluding hydrogens is 354 g/mol. The molecule has 2 aromatic rings. The molecule has 6 nitrogen and oxygen atoms in total. The van der Waals surface area contributed by atoms with Crippen LogP contribution in [0, 0.1) is 13.8 Å². The smallest absolute Gasteiger partial charge is 0.341 e. The van der Waals surface area contributed by atoms with Crippen molar-refractivity contribution in [3.63, 3.8) is 0 Å². The summed E-state index contributed by atoms with van der Waals surface area (Å²) in [6, 6.07) is 6.94. The minimum absolute atomic E-state index is 0.161. The Morgan fingerprint density at radius 2 is 1.77 bits per heavy atom. The van der Waals surface area contributed by atoms with Crippen LogP contribution in [0.4, 0.5) is 5.00 Å². The van der Waals surface area contributed by atoms with Gasteiger partial charge in [0.15, 0.2) is 6.61 Å². The van der Waals surface area contributed by atoms with Gasteiger partial charge in [0, 0.05) is 4.88 Å². The molecule has 1 amide bonds. The molecule has 140 valence electrons. The molecule has 2 rings (SSSR count). The average molecular weight is 377 g/mol. The number of thiophene rings is 1. The van der Waals surface area contributed by atoms with Crippen molar-refractivity contribution in [2.24, 2.45) is 0 Å². The van der Waals surface area contributed by atoms with Crippen molar-refractivity contribution in [3.05, 3.63) is 40.3 Å². The standard InChI is InChI=1S/C19H23NO5S/c1-5-10-24-19(22)17-12(2)13(3)26-18(17)20-16(21)11-25-15-8-6-14(23-4)7-9-15/h6-9H,5,10-11H2,1-4H3,(H,20,21). The first kappa shape index (κ1) is 19.8. The van der Waals surface area contributed by atoms with Crippen molar-refractivity contribution in [3.8, 4) is 11.5 Å². The number of ether oxygens (including phenoxy) is 3. The lowest BCUT2D eigenvalue weighted by Gasteiger charge is -2.09. The number of carbonyl (C=O) groups excluding carboxylic acids is 2. The molecule has 1 heterocycles. The van der Waals surface area contributed by atoms with Crippen LogP contribution in [0.25, 0.3) is 0 Å². The highest BCUT2D eigenvalue weighted by molar-refractivity contribution is 7.16. The van der Waals surface area contributed by atoms with E-state index in [1.165, 1.54) is 11.3 Å². The summed E-state index contributed by atoms with van der Waals surface area (Å²) in [5.74, 6) is 0.510. The van der Waals surface area contributed by atoms with E-state index >= 15 is 0 Å². The van der Waals surface area contributed by atoms with Crippen LogP contribution in [0.2, 0.25) is 0 Å². The van der Waals surface area contributed by atoms with Crippen LogP contribution in [0.3, 0.4) is 0 Å². The number of anilines is 1. The molecule has 0 bridgehead atoms. The number of methoxy groups -OCH3 is 1. The minimum Gasteiger partial charge on any atom is -0.497 e. The zero-order valence-electron chi connectivity index (χ0n) is 15.4. The molecule has 0 radical (unpaired) electrons. The van der Waals surface area contributed by atoms with E-state index in [0.29, 0.717) is 28.7 Å². The maximum atomic E-state index is 12.3. The van der Waals surface area contributed by atoms with Crippen LogP contribution in [-0.2, 0) is 9.53 Å². The van der Waals surface area contributed by atoms with Crippen molar-refractivity contribution in [2.45, 2.75) is 27.2 Å². The lowest BCUT2D eigenvalue weighted by Crippen LogP contribution is -2.21. The number of nitrogens with one attached hydrogen (secondary N) is 1. The third kappa shape index (κ3) is 4.98. The first-order valence-corrected chi connectivity index (χ1v) is 9.11. The second kappa shape index (κ2) is 9.24. The average Bonchev–Trinajstić information content (AvgIpc) is 2.92. The van der Waals surface area contributed by atoms with E-state index in [0.717, 1.165) is 16.9 Å². The maximum absolute atomic E-state index is 12.3. The molecule has 0 aliphatic carbocycles. The van der Waals surface area contributed by atoms with Gasteiger partial charge in [-0.15, -0.1) is 11.3 Å². The van der Waals surface area contributed by atoms with Gasteiger partial charge in [-0.05, 0) is 50.1 Å². The number of hydrogen-bond donors (Lipinski definition) is 1. The van der Waals surface area contributed by atoms with Crippen LogP contribution in [0.15, 0.2) is 24.3 Å². The Balaban J connectivity index is 2.01. The molecule has 0 saturated carbocycles. The second-order valence-corrected chi connectivity index (χ2v) is 6.86. The quantitative estimate of drug-likeness (QED) is 0.705. The molecule has 0 aliphatic heterocycles. The monoisotopic (exact) mass is 377 g/mol. The number of hydrogen-bond acceptors (Lipinski definition) is 6. The Hall–Kier alpha value is -2.54. The van der Waals surface area contributed by atoms with Crippen LogP contribution in [0.1, 0.15) is 34.1 Å². The highest BCUT2D eigenvalue weighted by atomic mass is 32.1. The number of carbonyl (C=O) groups is 2. The zero-order valence-corrected chi connectivity index (χ0v) is 16.2. The van der Waals surface area contributed by atoms with Crippen LogP contribution >= 0.6 is 11.3 Å². The summed E-state index contributed by atoms with van der Waals surface area (Å²) in [5.41, 5.74) is 1.24. The predicted octanol–water partition coefficient (Wildman–Crippen LogP) is 3.96. The number of benzene rings is 1. The summed E-state index contributed by atoms with van der Waals surface area (Å²) >= 11 is 1.35. The molecular formula is C19H23NO5S. The lowest BCUT2D eigenvalue weighted by atomic mass is 10.1. The summed E-state index contributed by atoms with van der Waals surface area (Å²) in [5, 5.41) is 3.24. The van der Waals surface area contributed by atoms with Gasteiger partial charge in [-0.1, -0.05) is 6.92 Å². The SMILES string of the molecule is CCCOC(=O)c1c(NC(=O)COc2ccc(OC)cc2)sc(C)c1C. The Labute approximate surface area is 157 Å². The fourth-order valence-electron chi connectivity index (χ4n) is 2.21. The number of amides is 1. The van der Waals surface area contributed by atoms with Crippen LogP contribution < -0.4 is 14.8 Å². The van der Waals surface area contributed by atoms with Gasteiger partial charge in [-0.25, -0.2) is 4.79 Å². The molecule has 26 heavy (non-hydrogen) atoms. The Bertz CT molecular complexity index is 767. The molecule has 0 atom stereocenters. The van der Waals surface area contributed by atoms with E-state index in [4.69, 9.17) is 14.2 Å².